The molecule has 0 aromatic heterocycles. The van der Waals surface area contributed by atoms with Gasteiger partial charge in [0.05, 0.1) is 25.1 Å². The minimum Gasteiger partial charge on any atom is -0.306 e. The maximum Gasteiger partial charge on any atom is 0.269 e. The summed E-state index contributed by atoms with van der Waals surface area (Å²) in [4.78, 5) is 10.2. The van der Waals surface area contributed by atoms with Crippen LogP contribution in [0.1, 0.15) is 0 Å². The van der Waals surface area contributed by atoms with E-state index < -0.39 is 0 Å². The van der Waals surface area contributed by atoms with E-state index in [-0.39, 0.29) is 10.6 Å². The third-order valence-electron chi connectivity index (χ3n) is 3.25. The van der Waals surface area contributed by atoms with Gasteiger partial charge in [-0.3, -0.25) is 14.6 Å². The summed E-state index contributed by atoms with van der Waals surface area (Å²) in [6, 6.07) is 6.90. The van der Waals surface area contributed by atoms with Crippen molar-refractivity contribution in [2.75, 3.05) is 33.2 Å². The zero-order chi connectivity index (χ0) is 11.6. The van der Waals surface area contributed by atoms with E-state index >= 15 is 0 Å². The van der Waals surface area contributed by atoms with Gasteiger partial charge < -0.3 is 5.32 Å². The summed E-state index contributed by atoms with van der Waals surface area (Å²) < 4.78 is 0.852. The zero-order valence-corrected chi connectivity index (χ0v) is 9.35. The number of quaternary nitrogens is 1. The number of benzene rings is 1. The molecule has 1 aromatic carbocycles. The SMILES string of the molecule is C[N+]1(c2ccc([N+](=O)[O-])cc2)CCNCC1. The van der Waals surface area contributed by atoms with Crippen LogP contribution in [0.15, 0.2) is 24.3 Å². The summed E-state index contributed by atoms with van der Waals surface area (Å²) in [6.45, 7) is 4.04. The quantitative estimate of drug-likeness (QED) is 0.463. The number of nitrogens with zero attached hydrogens (tertiary/aromatic N) is 2. The highest BCUT2D eigenvalue weighted by Gasteiger charge is 2.27. The highest BCUT2D eigenvalue weighted by Crippen LogP contribution is 2.24. The first-order valence-corrected chi connectivity index (χ1v) is 5.42. The summed E-state index contributed by atoms with van der Waals surface area (Å²) in [5.74, 6) is 0. The Morgan fingerprint density at radius 1 is 1.25 bits per heavy atom. The molecule has 1 heterocycles. The normalized spacial score (nSPS) is 19.3. The summed E-state index contributed by atoms with van der Waals surface area (Å²) in [5, 5.41) is 13.9. The molecule has 0 saturated carbocycles. The third kappa shape index (κ3) is 2.05. The second-order valence-corrected chi connectivity index (χ2v) is 4.37. The van der Waals surface area contributed by atoms with Crippen molar-refractivity contribution < 1.29 is 4.92 Å². The fourth-order valence-corrected chi connectivity index (χ4v) is 2.08. The molecule has 5 heteroatoms. The van der Waals surface area contributed by atoms with Gasteiger partial charge in [-0.05, 0) is 0 Å². The summed E-state index contributed by atoms with van der Waals surface area (Å²) in [5.41, 5.74) is 1.30. The first kappa shape index (κ1) is 11.0. The molecule has 2 rings (SSSR count). The fraction of sp³-hybridized carbons (Fsp3) is 0.455. The Labute approximate surface area is 94.4 Å². The first-order valence-electron chi connectivity index (χ1n) is 5.42. The Morgan fingerprint density at radius 3 is 2.31 bits per heavy atom. The van der Waals surface area contributed by atoms with Gasteiger partial charge in [-0.15, -0.1) is 0 Å². The van der Waals surface area contributed by atoms with E-state index in [1.807, 2.05) is 12.1 Å². The van der Waals surface area contributed by atoms with Gasteiger partial charge in [0.15, 0.2) is 0 Å². The van der Waals surface area contributed by atoms with Crippen LogP contribution < -0.4 is 9.80 Å². The molecular weight excluding hydrogens is 206 g/mol. The molecular formula is C11H16N3O2+. The van der Waals surface area contributed by atoms with Crippen LogP contribution in [0, 0.1) is 10.1 Å². The topological polar surface area (TPSA) is 55.2 Å². The number of nitrogens with one attached hydrogen (secondary N) is 1. The molecule has 0 unspecified atom stereocenters. The van der Waals surface area contributed by atoms with Crippen LogP contribution in [0.5, 0.6) is 0 Å². The van der Waals surface area contributed by atoms with E-state index in [1.165, 1.54) is 0 Å². The van der Waals surface area contributed by atoms with Crippen LogP contribution in [0.25, 0.3) is 0 Å². The van der Waals surface area contributed by atoms with Crippen molar-refractivity contribution in [3.63, 3.8) is 0 Å². The number of likely N-dealkylation sites (N-methyl/N-ethyl adjacent to an activating group) is 1. The largest absolute Gasteiger partial charge is 0.306 e. The van der Waals surface area contributed by atoms with E-state index in [2.05, 4.69) is 12.4 Å². The Kier molecular flexibility index (Phi) is 2.89. The van der Waals surface area contributed by atoms with Gasteiger partial charge in [-0.2, -0.15) is 0 Å². The molecule has 1 aliphatic heterocycles. The second-order valence-electron chi connectivity index (χ2n) is 4.37. The smallest absolute Gasteiger partial charge is 0.269 e. The lowest BCUT2D eigenvalue weighted by atomic mass is 10.2. The van der Waals surface area contributed by atoms with Crippen LogP contribution in [0.4, 0.5) is 11.4 Å². The van der Waals surface area contributed by atoms with Crippen LogP contribution in [0.2, 0.25) is 0 Å². The van der Waals surface area contributed by atoms with Crippen LogP contribution >= 0.6 is 0 Å². The number of piperazine rings is 1. The van der Waals surface area contributed by atoms with Gasteiger partial charge in [-0.25, -0.2) is 0 Å². The molecule has 0 radical (unpaired) electrons. The number of hydrogen-bond donors (Lipinski definition) is 1. The van der Waals surface area contributed by atoms with E-state index in [9.17, 15) is 10.1 Å². The fourth-order valence-electron chi connectivity index (χ4n) is 2.08. The van der Waals surface area contributed by atoms with Gasteiger partial charge in [-0.1, -0.05) is 0 Å². The summed E-state index contributed by atoms with van der Waals surface area (Å²) >= 11 is 0. The molecule has 16 heavy (non-hydrogen) atoms. The highest BCUT2D eigenvalue weighted by atomic mass is 16.6. The van der Waals surface area contributed by atoms with E-state index in [4.69, 9.17) is 0 Å². The number of nitro benzene ring substituents is 1. The Bertz CT molecular complexity index is 383. The lowest BCUT2D eigenvalue weighted by molar-refractivity contribution is -0.384. The average molecular weight is 222 g/mol. The van der Waals surface area contributed by atoms with Crippen molar-refractivity contribution in [2.45, 2.75) is 0 Å². The van der Waals surface area contributed by atoms with E-state index in [1.54, 1.807) is 12.1 Å². The van der Waals surface area contributed by atoms with Gasteiger partial charge in [0, 0.05) is 37.4 Å². The molecule has 1 aromatic rings. The van der Waals surface area contributed by atoms with Gasteiger partial charge in [0.1, 0.15) is 5.69 Å². The Morgan fingerprint density at radius 2 is 1.81 bits per heavy atom. The van der Waals surface area contributed by atoms with E-state index in [0.29, 0.717) is 0 Å². The minimum absolute atomic E-state index is 0.158. The molecule has 1 fully saturated rings. The zero-order valence-electron chi connectivity index (χ0n) is 9.35. The van der Waals surface area contributed by atoms with Crippen molar-refractivity contribution in [1.82, 2.24) is 9.80 Å². The van der Waals surface area contributed by atoms with Gasteiger partial charge in [0.2, 0.25) is 0 Å². The third-order valence-corrected chi connectivity index (χ3v) is 3.25. The Hall–Kier alpha value is -1.46. The van der Waals surface area contributed by atoms with Crippen molar-refractivity contribution in [1.29, 1.82) is 0 Å². The molecule has 1 saturated heterocycles. The van der Waals surface area contributed by atoms with Crippen LogP contribution in [-0.4, -0.2) is 38.2 Å². The van der Waals surface area contributed by atoms with Crippen LogP contribution in [-0.2, 0) is 0 Å². The minimum atomic E-state index is -0.360. The number of hydrogen-bond acceptors (Lipinski definition) is 3. The lowest BCUT2D eigenvalue weighted by Gasteiger charge is -2.37. The van der Waals surface area contributed by atoms with Crippen molar-refractivity contribution in [3.8, 4) is 0 Å². The molecule has 5 nitrogen and oxygen atoms in total. The predicted octanol–water partition coefficient (Wildman–Crippen LogP) is 1.14. The highest BCUT2D eigenvalue weighted by molar-refractivity contribution is 5.48. The molecule has 0 bridgehead atoms. The van der Waals surface area contributed by atoms with Gasteiger partial charge in [0.25, 0.3) is 5.69 Å². The molecule has 1 aliphatic rings. The molecule has 86 valence electrons. The van der Waals surface area contributed by atoms with E-state index in [0.717, 1.165) is 36.3 Å². The standard InChI is InChI=1S/C11H16N3O2/c1-14(8-6-12-7-9-14)11-4-2-10(3-5-11)13(15)16/h2-5,12H,6-9H2,1H3/q+1. The van der Waals surface area contributed by atoms with Crippen molar-refractivity contribution in [3.05, 3.63) is 34.4 Å². The molecule has 0 aliphatic carbocycles. The Balaban J connectivity index is 2.23. The predicted molar refractivity (Wildman–Crippen MR) is 63.4 cm³/mol. The maximum absolute atomic E-state index is 10.6. The molecule has 0 spiro atoms. The number of non-ortho nitro benzene ring substituents is 1. The maximum atomic E-state index is 10.6. The first-order chi connectivity index (χ1) is 7.62. The van der Waals surface area contributed by atoms with Crippen molar-refractivity contribution in [2.24, 2.45) is 0 Å². The summed E-state index contributed by atoms with van der Waals surface area (Å²) in [7, 11) is 2.17. The van der Waals surface area contributed by atoms with Crippen LogP contribution in [0.3, 0.4) is 0 Å². The number of nitro groups is 1. The second kappa shape index (κ2) is 4.19. The number of rotatable bonds is 2. The molecule has 1 N–H and O–H groups in total. The molecule has 0 amide bonds. The van der Waals surface area contributed by atoms with Crippen molar-refractivity contribution >= 4 is 11.4 Å². The average Bonchev–Trinajstić information content (AvgIpc) is 2.30. The van der Waals surface area contributed by atoms with Gasteiger partial charge >= 0.3 is 0 Å². The monoisotopic (exact) mass is 222 g/mol. The lowest BCUT2D eigenvalue weighted by Crippen LogP contribution is -2.57. The summed E-state index contributed by atoms with van der Waals surface area (Å²) in [6.07, 6.45) is 0. The molecule has 0 atom stereocenters.